The molecule has 0 aliphatic heterocycles. The molecular formula is C26H40O3. The summed E-state index contributed by atoms with van der Waals surface area (Å²) in [6.07, 6.45) is 12.3. The van der Waals surface area contributed by atoms with Crippen LogP contribution in [0.1, 0.15) is 85.0 Å². The average Bonchev–Trinajstić information content (AvgIpc) is 2.74. The topological polar surface area (TPSA) is 27.7 Å². The molecule has 0 saturated heterocycles. The van der Waals surface area contributed by atoms with E-state index in [-0.39, 0.29) is 0 Å². The lowest BCUT2D eigenvalue weighted by atomic mass is 10.1. The summed E-state index contributed by atoms with van der Waals surface area (Å²) >= 11 is 0. The van der Waals surface area contributed by atoms with Gasteiger partial charge in [0.05, 0.1) is 19.8 Å². The first kappa shape index (κ1) is 23.4. The first-order valence-electron chi connectivity index (χ1n) is 11.8. The molecule has 0 spiro atoms. The third kappa shape index (κ3) is 7.79. The van der Waals surface area contributed by atoms with Crippen LogP contribution in [0.25, 0.3) is 10.8 Å². The van der Waals surface area contributed by atoms with Gasteiger partial charge in [-0.1, -0.05) is 89.5 Å². The van der Waals surface area contributed by atoms with Gasteiger partial charge in [-0.3, -0.25) is 0 Å². The SMILES string of the molecule is CCCCCCCOc1cc(OCC)c(OCCCCCCC)c2ccccc12. The molecule has 0 atom stereocenters. The van der Waals surface area contributed by atoms with Crippen molar-refractivity contribution in [3.05, 3.63) is 30.3 Å². The second-order valence-electron chi connectivity index (χ2n) is 7.71. The summed E-state index contributed by atoms with van der Waals surface area (Å²) in [5.41, 5.74) is 0. The van der Waals surface area contributed by atoms with Crippen molar-refractivity contribution in [2.24, 2.45) is 0 Å². The molecule has 0 aromatic heterocycles. The zero-order valence-electron chi connectivity index (χ0n) is 18.8. The number of ether oxygens (including phenoxy) is 3. The fourth-order valence-corrected chi connectivity index (χ4v) is 3.59. The van der Waals surface area contributed by atoms with Gasteiger partial charge < -0.3 is 14.2 Å². The Morgan fingerprint density at radius 2 is 1.17 bits per heavy atom. The molecule has 2 aromatic carbocycles. The molecule has 0 N–H and O–H groups in total. The van der Waals surface area contributed by atoms with Crippen LogP contribution in [0, 0.1) is 0 Å². The predicted molar refractivity (Wildman–Crippen MR) is 124 cm³/mol. The Morgan fingerprint density at radius 1 is 0.586 bits per heavy atom. The predicted octanol–water partition coefficient (Wildman–Crippen LogP) is 7.94. The summed E-state index contributed by atoms with van der Waals surface area (Å²) in [6, 6.07) is 10.4. The van der Waals surface area contributed by atoms with Crippen LogP contribution in [-0.4, -0.2) is 19.8 Å². The van der Waals surface area contributed by atoms with E-state index in [2.05, 4.69) is 38.1 Å². The molecule has 29 heavy (non-hydrogen) atoms. The number of rotatable bonds is 16. The largest absolute Gasteiger partial charge is 0.493 e. The maximum absolute atomic E-state index is 6.23. The molecule has 0 radical (unpaired) electrons. The van der Waals surface area contributed by atoms with Crippen molar-refractivity contribution in [3.8, 4) is 17.2 Å². The normalized spacial score (nSPS) is 11.0. The number of hydrogen-bond acceptors (Lipinski definition) is 3. The average molecular weight is 401 g/mol. The highest BCUT2D eigenvalue weighted by Crippen LogP contribution is 2.42. The van der Waals surface area contributed by atoms with Gasteiger partial charge in [0.1, 0.15) is 5.75 Å². The quantitative estimate of drug-likeness (QED) is 0.268. The van der Waals surface area contributed by atoms with Gasteiger partial charge in [0.25, 0.3) is 0 Å². The molecule has 0 aliphatic rings. The monoisotopic (exact) mass is 400 g/mol. The lowest BCUT2D eigenvalue weighted by Gasteiger charge is -2.18. The number of unbranched alkanes of at least 4 members (excludes halogenated alkanes) is 8. The van der Waals surface area contributed by atoms with Crippen molar-refractivity contribution >= 4 is 10.8 Å². The van der Waals surface area contributed by atoms with Gasteiger partial charge >= 0.3 is 0 Å². The Labute approximate surface area is 177 Å². The van der Waals surface area contributed by atoms with Gasteiger partial charge in [0, 0.05) is 16.8 Å². The number of benzene rings is 2. The molecule has 0 saturated carbocycles. The van der Waals surface area contributed by atoms with Crippen molar-refractivity contribution in [2.75, 3.05) is 19.8 Å². The lowest BCUT2D eigenvalue weighted by molar-refractivity contribution is 0.269. The second kappa shape index (κ2) is 14.1. The second-order valence-corrected chi connectivity index (χ2v) is 7.71. The molecule has 3 nitrogen and oxygen atoms in total. The zero-order chi connectivity index (χ0) is 20.7. The fraction of sp³-hybridized carbons (Fsp3) is 0.615. The third-order valence-corrected chi connectivity index (χ3v) is 5.22. The Bertz CT molecular complexity index is 696. The van der Waals surface area contributed by atoms with E-state index in [4.69, 9.17) is 14.2 Å². The summed E-state index contributed by atoms with van der Waals surface area (Å²) in [5, 5.41) is 2.18. The zero-order valence-corrected chi connectivity index (χ0v) is 18.8. The van der Waals surface area contributed by atoms with Crippen molar-refractivity contribution < 1.29 is 14.2 Å². The van der Waals surface area contributed by atoms with E-state index in [9.17, 15) is 0 Å². The van der Waals surface area contributed by atoms with Gasteiger partial charge in [-0.2, -0.15) is 0 Å². The standard InChI is InChI=1S/C26H40O3/c1-4-7-9-11-15-19-28-24-21-25(27-6-3)26(23-18-14-13-17-22(23)24)29-20-16-12-10-8-5-2/h13-14,17-18,21H,4-12,15-16,19-20H2,1-3H3. The minimum absolute atomic E-state index is 0.613. The highest BCUT2D eigenvalue weighted by molar-refractivity contribution is 5.95. The molecular weight excluding hydrogens is 360 g/mol. The van der Waals surface area contributed by atoms with Crippen LogP contribution >= 0.6 is 0 Å². The van der Waals surface area contributed by atoms with Crippen LogP contribution in [0.4, 0.5) is 0 Å². The van der Waals surface area contributed by atoms with Crippen LogP contribution in [-0.2, 0) is 0 Å². The summed E-state index contributed by atoms with van der Waals surface area (Å²) in [6.45, 7) is 8.58. The third-order valence-electron chi connectivity index (χ3n) is 5.22. The molecule has 0 unspecified atom stereocenters. The molecule has 162 valence electrons. The summed E-state index contributed by atoms with van der Waals surface area (Å²) in [5.74, 6) is 2.55. The molecule has 0 aliphatic carbocycles. The van der Waals surface area contributed by atoms with Crippen LogP contribution in [0.5, 0.6) is 17.2 Å². The van der Waals surface area contributed by atoms with Crippen LogP contribution in [0.2, 0.25) is 0 Å². The minimum atomic E-state index is 0.613. The molecule has 0 bridgehead atoms. The Balaban J connectivity index is 2.09. The molecule has 3 heteroatoms. The van der Waals surface area contributed by atoms with Gasteiger partial charge in [-0.15, -0.1) is 0 Å². The van der Waals surface area contributed by atoms with E-state index in [1.165, 1.54) is 51.4 Å². The summed E-state index contributed by atoms with van der Waals surface area (Å²) in [4.78, 5) is 0. The molecule has 2 rings (SSSR count). The molecule has 0 heterocycles. The maximum Gasteiger partial charge on any atom is 0.169 e. The van der Waals surface area contributed by atoms with E-state index in [1.54, 1.807) is 0 Å². The summed E-state index contributed by atoms with van der Waals surface area (Å²) < 4.78 is 18.3. The van der Waals surface area contributed by atoms with E-state index >= 15 is 0 Å². The number of fused-ring (bicyclic) bond motifs is 1. The smallest absolute Gasteiger partial charge is 0.169 e. The van der Waals surface area contributed by atoms with Crippen molar-refractivity contribution in [3.63, 3.8) is 0 Å². The highest BCUT2D eigenvalue weighted by Gasteiger charge is 2.15. The summed E-state index contributed by atoms with van der Waals surface area (Å²) in [7, 11) is 0. The molecule has 2 aromatic rings. The van der Waals surface area contributed by atoms with Gasteiger partial charge in [0.2, 0.25) is 0 Å². The lowest BCUT2D eigenvalue weighted by Crippen LogP contribution is -2.04. The van der Waals surface area contributed by atoms with E-state index in [0.29, 0.717) is 6.61 Å². The van der Waals surface area contributed by atoms with Crippen molar-refractivity contribution in [2.45, 2.75) is 85.0 Å². The number of hydrogen-bond donors (Lipinski definition) is 0. The first-order chi connectivity index (χ1) is 14.3. The Hall–Kier alpha value is -1.90. The van der Waals surface area contributed by atoms with Crippen molar-refractivity contribution in [1.82, 2.24) is 0 Å². The van der Waals surface area contributed by atoms with E-state index < -0.39 is 0 Å². The minimum Gasteiger partial charge on any atom is -0.493 e. The first-order valence-corrected chi connectivity index (χ1v) is 11.8. The van der Waals surface area contributed by atoms with Crippen LogP contribution in [0.3, 0.4) is 0 Å². The van der Waals surface area contributed by atoms with E-state index in [0.717, 1.165) is 54.1 Å². The van der Waals surface area contributed by atoms with Crippen LogP contribution < -0.4 is 14.2 Å². The van der Waals surface area contributed by atoms with Crippen molar-refractivity contribution in [1.29, 1.82) is 0 Å². The van der Waals surface area contributed by atoms with E-state index in [1.807, 2.05) is 13.0 Å². The molecule has 0 fully saturated rings. The Morgan fingerprint density at radius 3 is 1.79 bits per heavy atom. The van der Waals surface area contributed by atoms with Gasteiger partial charge in [-0.05, 0) is 19.8 Å². The van der Waals surface area contributed by atoms with Gasteiger partial charge in [-0.25, -0.2) is 0 Å². The fourth-order valence-electron chi connectivity index (χ4n) is 3.59. The Kier molecular flexibility index (Phi) is 11.4. The highest BCUT2D eigenvalue weighted by atomic mass is 16.5. The molecule has 0 amide bonds. The maximum atomic E-state index is 6.23. The van der Waals surface area contributed by atoms with Gasteiger partial charge in [0.15, 0.2) is 11.5 Å². The van der Waals surface area contributed by atoms with Crippen LogP contribution in [0.15, 0.2) is 30.3 Å².